The first-order valence-electron chi connectivity index (χ1n) is 22.4. The maximum atomic E-state index is 12.7. The summed E-state index contributed by atoms with van der Waals surface area (Å²) >= 11 is 0. The third kappa shape index (κ3) is 39.0. The average Bonchev–Trinajstić information content (AvgIpc) is 3.12. The van der Waals surface area contributed by atoms with E-state index < -0.39 is 26.6 Å². The lowest BCUT2D eigenvalue weighted by molar-refractivity contribution is -0.870. The summed E-state index contributed by atoms with van der Waals surface area (Å²) in [6.45, 7) is 4.56. The number of nitrogens with zero attached hydrogens (tertiary/aromatic N) is 1. The van der Waals surface area contributed by atoms with Crippen LogP contribution in [0.25, 0.3) is 0 Å². The number of quaternary nitrogens is 1. The van der Waals surface area contributed by atoms with Gasteiger partial charge in [0.2, 0.25) is 5.91 Å². The fraction of sp³-hybridized carbons (Fsp3) is 0.844. The van der Waals surface area contributed by atoms with E-state index in [1.54, 1.807) is 6.08 Å². The van der Waals surface area contributed by atoms with Gasteiger partial charge in [0.25, 0.3) is 7.82 Å². The van der Waals surface area contributed by atoms with Crippen LogP contribution >= 0.6 is 7.82 Å². The molecule has 0 aliphatic rings. The van der Waals surface area contributed by atoms with E-state index in [4.69, 9.17) is 9.05 Å². The second-order valence-electron chi connectivity index (χ2n) is 16.4. The SMILES string of the molecule is CCCCCCCCCCCCCCCCC/C=C/CC/C=C/CC/C=C/C(O)C(COP(=O)([O-])OCC[N+](C)(C)C)NC(=O)CCCCCCCCC. The Labute approximate surface area is 334 Å². The van der Waals surface area contributed by atoms with Crippen LogP contribution in [0.2, 0.25) is 0 Å². The maximum Gasteiger partial charge on any atom is 0.268 e. The van der Waals surface area contributed by atoms with Crippen LogP contribution in [-0.2, 0) is 18.4 Å². The minimum Gasteiger partial charge on any atom is -0.756 e. The molecule has 0 aromatic carbocycles. The maximum absolute atomic E-state index is 12.7. The van der Waals surface area contributed by atoms with Crippen LogP contribution in [0.15, 0.2) is 36.5 Å². The Kier molecular flexibility index (Phi) is 36.4. The lowest BCUT2D eigenvalue weighted by Gasteiger charge is -2.29. The van der Waals surface area contributed by atoms with Gasteiger partial charge in [-0.05, 0) is 44.9 Å². The molecule has 0 aromatic rings. The first-order chi connectivity index (χ1) is 26.0. The topological polar surface area (TPSA) is 108 Å². The van der Waals surface area contributed by atoms with E-state index in [-0.39, 0.29) is 12.5 Å². The highest BCUT2D eigenvalue weighted by atomic mass is 31.2. The molecule has 9 heteroatoms. The molecule has 54 heavy (non-hydrogen) atoms. The molecule has 3 atom stereocenters. The van der Waals surface area contributed by atoms with Gasteiger partial charge in [0.1, 0.15) is 13.2 Å². The van der Waals surface area contributed by atoms with E-state index in [0.717, 1.165) is 44.9 Å². The molecule has 0 saturated carbocycles. The molecule has 0 aliphatic carbocycles. The van der Waals surface area contributed by atoms with Gasteiger partial charge in [-0.1, -0.05) is 179 Å². The standard InChI is InChI=1S/C45H87N2O6P/c1-6-8-10-12-14-15-16-17-18-19-20-21-22-23-24-25-26-27-28-29-30-31-33-34-36-38-44(48)43(42-53-54(50,51)52-41-40-47(3,4)5)46-45(49)39-37-35-32-13-11-9-7-2/h26-27,30-31,36,38,43-44,48H,6-25,28-29,32-35,37,39-42H2,1-5H3,(H-,46,49,50,51)/b27-26+,31-30+,38-36+. The van der Waals surface area contributed by atoms with Crippen molar-refractivity contribution in [2.75, 3.05) is 40.9 Å². The van der Waals surface area contributed by atoms with Crippen molar-refractivity contribution < 1.29 is 32.9 Å². The number of hydrogen-bond acceptors (Lipinski definition) is 6. The van der Waals surface area contributed by atoms with Crippen LogP contribution < -0.4 is 10.2 Å². The Balaban J connectivity index is 4.27. The Bertz CT molecular complexity index is 980. The first kappa shape index (κ1) is 52.7. The van der Waals surface area contributed by atoms with Crippen LogP contribution in [0, 0.1) is 0 Å². The molecule has 0 saturated heterocycles. The fourth-order valence-corrected chi connectivity index (χ4v) is 6.97. The highest BCUT2D eigenvalue weighted by molar-refractivity contribution is 7.45. The van der Waals surface area contributed by atoms with Gasteiger partial charge >= 0.3 is 0 Å². The molecule has 0 aliphatic heterocycles. The molecule has 0 aromatic heterocycles. The summed E-state index contributed by atoms with van der Waals surface area (Å²) in [7, 11) is 1.23. The number of aliphatic hydroxyl groups is 1. The molecule has 3 unspecified atom stereocenters. The zero-order chi connectivity index (χ0) is 40.0. The predicted molar refractivity (Wildman–Crippen MR) is 228 cm³/mol. The van der Waals surface area contributed by atoms with E-state index >= 15 is 0 Å². The van der Waals surface area contributed by atoms with E-state index in [1.807, 2.05) is 27.2 Å². The number of nitrogens with one attached hydrogen (secondary N) is 1. The molecule has 0 bridgehead atoms. The highest BCUT2D eigenvalue weighted by Gasteiger charge is 2.23. The number of carbonyl (C=O) groups excluding carboxylic acids is 1. The summed E-state index contributed by atoms with van der Waals surface area (Å²) in [6.07, 6.45) is 45.2. The summed E-state index contributed by atoms with van der Waals surface area (Å²) in [5, 5.41) is 13.7. The monoisotopic (exact) mass is 783 g/mol. The van der Waals surface area contributed by atoms with Crippen molar-refractivity contribution in [1.82, 2.24) is 5.32 Å². The van der Waals surface area contributed by atoms with E-state index in [1.165, 1.54) is 128 Å². The number of amides is 1. The number of rotatable bonds is 40. The fourth-order valence-electron chi connectivity index (χ4n) is 6.24. The lowest BCUT2D eigenvalue weighted by Crippen LogP contribution is -2.45. The average molecular weight is 783 g/mol. The van der Waals surface area contributed by atoms with E-state index in [9.17, 15) is 19.4 Å². The van der Waals surface area contributed by atoms with E-state index in [2.05, 4.69) is 43.5 Å². The zero-order valence-corrected chi connectivity index (χ0v) is 36.8. The summed E-state index contributed by atoms with van der Waals surface area (Å²) in [6, 6.07) is -0.903. The number of allylic oxidation sites excluding steroid dienone is 5. The smallest absolute Gasteiger partial charge is 0.268 e. The molecule has 0 heterocycles. The second kappa shape index (κ2) is 37.3. The van der Waals surface area contributed by atoms with Crippen molar-refractivity contribution >= 4 is 13.7 Å². The number of phosphoric ester groups is 1. The molecule has 0 spiro atoms. The number of phosphoric acid groups is 1. The third-order valence-electron chi connectivity index (χ3n) is 9.83. The zero-order valence-electron chi connectivity index (χ0n) is 35.9. The Morgan fingerprint density at radius 1 is 0.630 bits per heavy atom. The molecular formula is C45H87N2O6P. The van der Waals surface area contributed by atoms with Gasteiger partial charge in [0, 0.05) is 6.42 Å². The van der Waals surface area contributed by atoms with Crippen LogP contribution in [0.4, 0.5) is 0 Å². The number of aliphatic hydroxyl groups excluding tert-OH is 1. The number of hydrogen-bond donors (Lipinski definition) is 2. The van der Waals surface area contributed by atoms with Crippen LogP contribution in [0.5, 0.6) is 0 Å². The van der Waals surface area contributed by atoms with Gasteiger partial charge in [0.05, 0.1) is 39.9 Å². The molecule has 0 fully saturated rings. The minimum absolute atomic E-state index is 0.00855. The van der Waals surface area contributed by atoms with Gasteiger partial charge in [0.15, 0.2) is 0 Å². The van der Waals surface area contributed by atoms with Crippen molar-refractivity contribution in [3.63, 3.8) is 0 Å². The summed E-state index contributed by atoms with van der Waals surface area (Å²) < 4.78 is 23.1. The van der Waals surface area contributed by atoms with Crippen LogP contribution in [0.1, 0.15) is 194 Å². The largest absolute Gasteiger partial charge is 0.756 e. The summed E-state index contributed by atoms with van der Waals surface area (Å²) in [4.78, 5) is 25.1. The van der Waals surface area contributed by atoms with Gasteiger partial charge in [-0.2, -0.15) is 0 Å². The van der Waals surface area contributed by atoms with Gasteiger partial charge < -0.3 is 28.8 Å². The number of unbranched alkanes of at least 4 members (excludes halogenated alkanes) is 23. The quantitative estimate of drug-likeness (QED) is 0.0277. The lowest BCUT2D eigenvalue weighted by atomic mass is 10.0. The van der Waals surface area contributed by atoms with Crippen molar-refractivity contribution in [2.24, 2.45) is 0 Å². The molecule has 318 valence electrons. The summed E-state index contributed by atoms with van der Waals surface area (Å²) in [5.41, 5.74) is 0. The van der Waals surface area contributed by atoms with E-state index in [0.29, 0.717) is 17.4 Å². The van der Waals surface area contributed by atoms with Crippen molar-refractivity contribution in [1.29, 1.82) is 0 Å². The number of likely N-dealkylation sites (N-methyl/N-ethyl adjacent to an activating group) is 1. The molecule has 2 N–H and O–H groups in total. The molecule has 1 amide bonds. The summed E-state index contributed by atoms with van der Waals surface area (Å²) in [5.74, 6) is -0.219. The van der Waals surface area contributed by atoms with Crippen molar-refractivity contribution in [3.05, 3.63) is 36.5 Å². The Morgan fingerprint density at radius 3 is 1.50 bits per heavy atom. The van der Waals surface area contributed by atoms with Crippen LogP contribution in [-0.4, -0.2) is 68.5 Å². The van der Waals surface area contributed by atoms with Gasteiger partial charge in [-0.3, -0.25) is 9.36 Å². The van der Waals surface area contributed by atoms with Crippen molar-refractivity contribution in [3.8, 4) is 0 Å². The molecule has 0 rings (SSSR count). The predicted octanol–water partition coefficient (Wildman–Crippen LogP) is 11.7. The highest BCUT2D eigenvalue weighted by Crippen LogP contribution is 2.38. The third-order valence-corrected chi connectivity index (χ3v) is 10.8. The molecule has 0 radical (unpaired) electrons. The van der Waals surface area contributed by atoms with Crippen molar-refractivity contribution in [2.45, 2.75) is 206 Å². The first-order valence-corrected chi connectivity index (χ1v) is 23.8. The number of carbonyl (C=O) groups is 1. The minimum atomic E-state index is -4.59. The Morgan fingerprint density at radius 2 is 1.04 bits per heavy atom. The van der Waals surface area contributed by atoms with Crippen LogP contribution in [0.3, 0.4) is 0 Å². The second-order valence-corrected chi connectivity index (χ2v) is 17.8. The molecular weight excluding hydrogens is 695 g/mol. The van der Waals surface area contributed by atoms with Gasteiger partial charge in [-0.15, -0.1) is 0 Å². The normalized spacial score (nSPS) is 14.7. The molecule has 8 nitrogen and oxygen atoms in total. The van der Waals surface area contributed by atoms with Gasteiger partial charge in [-0.25, -0.2) is 0 Å². The Hall–Kier alpha value is -1.28.